The lowest BCUT2D eigenvalue weighted by Gasteiger charge is -2.35. The first-order valence-corrected chi connectivity index (χ1v) is 14.4. The molecular formula is C30H38N6O5. The lowest BCUT2D eigenvalue weighted by molar-refractivity contribution is -0.119. The molecule has 11 heteroatoms. The highest BCUT2D eigenvalue weighted by molar-refractivity contribution is 6.39. The molecule has 1 fully saturated rings. The number of unbranched alkanes of at least 4 members (excludes halogenated alkanes) is 2. The standard InChI is InChI=1S/C30H38N6O5/c1-4-21(37)11-6-5-7-13-24(31-26(38)25-19-30(41-35-25)14-16-36(2)17-15-30)29-34-33-28(40-29)22-18-20-10-8-9-12-23(20)32-27(22)39-3/h8-10,12,18,24H,4-7,11,13-17,19H2,1-3H3,(H,31,38)/t24-/m0/s1. The highest BCUT2D eigenvalue weighted by Gasteiger charge is 2.43. The van der Waals surface area contributed by atoms with Crippen molar-refractivity contribution in [3.05, 3.63) is 36.2 Å². The van der Waals surface area contributed by atoms with E-state index in [1.165, 1.54) is 0 Å². The fourth-order valence-corrected chi connectivity index (χ4v) is 5.35. The van der Waals surface area contributed by atoms with E-state index in [0.29, 0.717) is 48.7 Å². The summed E-state index contributed by atoms with van der Waals surface area (Å²) in [5.74, 6) is 0.894. The number of carbonyl (C=O) groups is 2. The van der Waals surface area contributed by atoms with Gasteiger partial charge in [-0.1, -0.05) is 43.1 Å². The zero-order valence-electron chi connectivity index (χ0n) is 24.0. The number of hydrogen-bond donors (Lipinski definition) is 1. The van der Waals surface area contributed by atoms with Crippen LogP contribution in [0.2, 0.25) is 0 Å². The molecule has 5 rings (SSSR count). The number of ether oxygens (including phenoxy) is 1. The summed E-state index contributed by atoms with van der Waals surface area (Å²) in [5, 5.41) is 16.8. The number of fused-ring (bicyclic) bond motifs is 1. The van der Waals surface area contributed by atoms with Crippen LogP contribution >= 0.6 is 0 Å². The van der Waals surface area contributed by atoms with E-state index in [9.17, 15) is 9.59 Å². The van der Waals surface area contributed by atoms with Gasteiger partial charge in [-0.05, 0) is 32.0 Å². The summed E-state index contributed by atoms with van der Waals surface area (Å²) in [6.07, 6.45) is 6.27. The van der Waals surface area contributed by atoms with E-state index in [4.69, 9.17) is 14.0 Å². The zero-order valence-corrected chi connectivity index (χ0v) is 24.0. The number of nitrogens with zero attached hydrogens (tertiary/aromatic N) is 5. The smallest absolute Gasteiger partial charge is 0.269 e. The molecule has 218 valence electrons. The fraction of sp³-hybridized carbons (Fsp3) is 0.533. The van der Waals surface area contributed by atoms with Gasteiger partial charge in [0.25, 0.3) is 11.8 Å². The molecule has 11 nitrogen and oxygen atoms in total. The van der Waals surface area contributed by atoms with E-state index in [1.54, 1.807) is 7.11 Å². The Labute approximate surface area is 239 Å². The Hall–Kier alpha value is -3.86. The summed E-state index contributed by atoms with van der Waals surface area (Å²) in [6.45, 7) is 3.70. The summed E-state index contributed by atoms with van der Waals surface area (Å²) < 4.78 is 11.7. The molecule has 0 unspecified atom stereocenters. The third kappa shape index (κ3) is 6.73. The summed E-state index contributed by atoms with van der Waals surface area (Å²) in [6, 6.07) is 9.09. The Bertz CT molecular complexity index is 1410. The van der Waals surface area contributed by atoms with E-state index in [-0.39, 0.29) is 17.6 Å². The Balaban J connectivity index is 1.32. The fourth-order valence-electron chi connectivity index (χ4n) is 5.35. The van der Waals surface area contributed by atoms with Gasteiger partial charge in [0.05, 0.1) is 12.6 Å². The van der Waals surface area contributed by atoms with Crippen molar-refractivity contribution in [3.63, 3.8) is 0 Å². The predicted molar refractivity (Wildman–Crippen MR) is 153 cm³/mol. The third-order valence-electron chi connectivity index (χ3n) is 8.00. The number of methoxy groups -OCH3 is 1. The van der Waals surface area contributed by atoms with Crippen molar-refractivity contribution >= 4 is 28.3 Å². The maximum Gasteiger partial charge on any atom is 0.269 e. The van der Waals surface area contributed by atoms with Crippen LogP contribution in [0.15, 0.2) is 39.9 Å². The average molecular weight is 563 g/mol. The quantitative estimate of drug-likeness (QED) is 0.314. The largest absolute Gasteiger partial charge is 0.480 e. The van der Waals surface area contributed by atoms with E-state index in [2.05, 4.69) is 37.6 Å². The van der Waals surface area contributed by atoms with E-state index in [0.717, 1.165) is 56.1 Å². The van der Waals surface area contributed by atoms with Crippen LogP contribution in [0.3, 0.4) is 0 Å². The second-order valence-corrected chi connectivity index (χ2v) is 11.0. The van der Waals surface area contributed by atoms with Crippen molar-refractivity contribution in [2.45, 2.75) is 76.4 Å². The lowest BCUT2D eigenvalue weighted by atomic mass is 9.87. The molecule has 0 radical (unpaired) electrons. The minimum atomic E-state index is -0.526. The second kappa shape index (κ2) is 12.8. The number of amides is 1. The van der Waals surface area contributed by atoms with Gasteiger partial charge in [0, 0.05) is 50.6 Å². The van der Waals surface area contributed by atoms with Gasteiger partial charge < -0.3 is 24.2 Å². The Morgan fingerprint density at radius 1 is 1.15 bits per heavy atom. The van der Waals surface area contributed by atoms with Gasteiger partial charge in [-0.3, -0.25) is 9.59 Å². The van der Waals surface area contributed by atoms with E-state index >= 15 is 0 Å². The number of aromatic nitrogens is 3. The number of rotatable bonds is 12. The molecule has 0 bridgehead atoms. The number of hydrogen-bond acceptors (Lipinski definition) is 10. The van der Waals surface area contributed by atoms with Crippen molar-refractivity contribution in [3.8, 4) is 17.3 Å². The molecule has 3 aromatic rings. The number of oxime groups is 1. The number of Topliss-reactive ketones (excluding diaryl/α,β-unsaturated/α-hetero) is 1. The first-order valence-electron chi connectivity index (χ1n) is 14.4. The first-order chi connectivity index (χ1) is 19.9. The van der Waals surface area contributed by atoms with Gasteiger partial charge in [-0.25, -0.2) is 4.98 Å². The molecule has 2 aliphatic heterocycles. The SMILES string of the molecule is CCC(=O)CCCCC[C@H](NC(=O)C1=NOC2(CCN(C)CC2)C1)c1nnc(-c2cc3ccccc3nc2OC)o1. The third-order valence-corrected chi connectivity index (χ3v) is 8.00. The number of para-hydroxylation sites is 1. The number of likely N-dealkylation sites (tertiary alicyclic amines) is 1. The van der Waals surface area contributed by atoms with E-state index in [1.807, 2.05) is 37.3 Å². The molecule has 0 aliphatic carbocycles. The highest BCUT2D eigenvalue weighted by atomic mass is 16.7. The van der Waals surface area contributed by atoms with Crippen molar-refractivity contribution in [2.24, 2.45) is 5.16 Å². The van der Waals surface area contributed by atoms with Gasteiger partial charge in [0.15, 0.2) is 0 Å². The minimum Gasteiger partial charge on any atom is -0.480 e. The topological polar surface area (TPSA) is 132 Å². The molecule has 2 aromatic heterocycles. The summed E-state index contributed by atoms with van der Waals surface area (Å²) in [7, 11) is 3.63. The Morgan fingerprint density at radius 2 is 1.95 bits per heavy atom. The van der Waals surface area contributed by atoms with Crippen molar-refractivity contribution in [2.75, 3.05) is 27.2 Å². The number of carbonyl (C=O) groups excluding carboxylic acids is 2. The molecule has 0 saturated carbocycles. The molecule has 4 heterocycles. The minimum absolute atomic E-state index is 0.259. The van der Waals surface area contributed by atoms with Crippen LogP contribution < -0.4 is 10.1 Å². The normalized spacial score (nSPS) is 17.3. The van der Waals surface area contributed by atoms with Gasteiger partial charge in [0.1, 0.15) is 28.7 Å². The van der Waals surface area contributed by atoms with Gasteiger partial charge >= 0.3 is 0 Å². The van der Waals surface area contributed by atoms with Gasteiger partial charge in [0.2, 0.25) is 11.8 Å². The molecule has 1 atom stereocenters. The van der Waals surface area contributed by atoms with Gasteiger partial charge in [-0.15, -0.1) is 10.2 Å². The molecule has 2 aliphatic rings. The maximum atomic E-state index is 13.4. The average Bonchev–Trinajstić information content (AvgIpc) is 3.65. The van der Waals surface area contributed by atoms with Crippen LogP contribution in [0.1, 0.15) is 76.6 Å². The molecule has 1 saturated heterocycles. The molecule has 1 N–H and O–H groups in total. The number of benzene rings is 1. The second-order valence-electron chi connectivity index (χ2n) is 11.0. The van der Waals surface area contributed by atoms with Gasteiger partial charge in [-0.2, -0.15) is 0 Å². The van der Waals surface area contributed by atoms with Crippen molar-refractivity contribution in [1.82, 2.24) is 25.4 Å². The molecule has 1 spiro atoms. The van der Waals surface area contributed by atoms with E-state index < -0.39 is 11.6 Å². The monoisotopic (exact) mass is 562 g/mol. The highest BCUT2D eigenvalue weighted by Crippen LogP contribution is 2.35. The molecule has 41 heavy (non-hydrogen) atoms. The summed E-state index contributed by atoms with van der Waals surface area (Å²) >= 11 is 0. The van der Waals surface area contributed by atoms with Crippen LogP contribution in [0.25, 0.3) is 22.4 Å². The van der Waals surface area contributed by atoms with Crippen LogP contribution in [0, 0.1) is 0 Å². The zero-order chi connectivity index (χ0) is 28.8. The lowest BCUT2D eigenvalue weighted by Crippen LogP contribution is -2.44. The maximum absolute atomic E-state index is 13.4. The van der Waals surface area contributed by atoms with Crippen LogP contribution in [-0.2, 0) is 14.4 Å². The number of pyridine rings is 1. The molecular weight excluding hydrogens is 524 g/mol. The Kier molecular flexibility index (Phi) is 8.92. The van der Waals surface area contributed by atoms with Crippen LogP contribution in [0.5, 0.6) is 5.88 Å². The predicted octanol–water partition coefficient (Wildman–Crippen LogP) is 4.62. The summed E-state index contributed by atoms with van der Waals surface area (Å²) in [5.41, 5.74) is 1.35. The van der Waals surface area contributed by atoms with Crippen LogP contribution in [-0.4, -0.2) is 70.3 Å². The number of ketones is 1. The van der Waals surface area contributed by atoms with Crippen molar-refractivity contribution < 1.29 is 23.6 Å². The summed E-state index contributed by atoms with van der Waals surface area (Å²) in [4.78, 5) is 37.7. The number of nitrogens with one attached hydrogen (secondary N) is 1. The first kappa shape index (κ1) is 28.7. The molecule has 1 aromatic carbocycles. The Morgan fingerprint density at radius 3 is 2.73 bits per heavy atom. The number of piperidine rings is 1. The van der Waals surface area contributed by atoms with Crippen molar-refractivity contribution in [1.29, 1.82) is 0 Å². The molecule has 1 amide bonds. The van der Waals surface area contributed by atoms with Crippen LogP contribution in [0.4, 0.5) is 0 Å².